The molecule has 1 aromatic carbocycles. The van der Waals surface area contributed by atoms with Gasteiger partial charge in [0, 0.05) is 38.6 Å². The van der Waals surface area contributed by atoms with E-state index in [1.165, 1.54) is 4.31 Å². The van der Waals surface area contributed by atoms with Crippen molar-refractivity contribution in [1.82, 2.24) is 9.21 Å². The second-order valence-electron chi connectivity index (χ2n) is 7.33. The SMILES string of the molecule is CCN(CC)S(=O)(=O)c1ccc(CCC(=O)N2CCCC(C(C)N)C2)cc1.Cl. The first kappa shape index (κ1) is 24.9. The van der Waals surface area contributed by atoms with Gasteiger partial charge < -0.3 is 10.6 Å². The van der Waals surface area contributed by atoms with Gasteiger partial charge in [-0.05, 0) is 49.8 Å². The molecule has 2 unspecified atom stereocenters. The molecule has 0 aromatic heterocycles. The topological polar surface area (TPSA) is 83.7 Å². The molecule has 1 saturated heterocycles. The van der Waals surface area contributed by atoms with Crippen LogP contribution in [0.1, 0.15) is 45.6 Å². The quantitative estimate of drug-likeness (QED) is 0.685. The van der Waals surface area contributed by atoms with Crippen molar-refractivity contribution in [3.8, 4) is 0 Å². The number of rotatable bonds is 8. The van der Waals surface area contributed by atoms with Crippen molar-refractivity contribution in [3.05, 3.63) is 29.8 Å². The molecule has 1 heterocycles. The zero-order chi connectivity index (χ0) is 20.0. The fraction of sp³-hybridized carbons (Fsp3) is 0.650. The van der Waals surface area contributed by atoms with E-state index in [1.807, 2.05) is 37.8 Å². The second kappa shape index (κ2) is 11.1. The molecule has 0 bridgehead atoms. The molecule has 1 fully saturated rings. The van der Waals surface area contributed by atoms with E-state index in [9.17, 15) is 13.2 Å². The molecule has 2 rings (SSSR count). The van der Waals surface area contributed by atoms with Crippen molar-refractivity contribution in [3.63, 3.8) is 0 Å². The molecule has 0 spiro atoms. The van der Waals surface area contributed by atoms with Gasteiger partial charge in [-0.2, -0.15) is 4.31 Å². The third-order valence-electron chi connectivity index (χ3n) is 5.45. The molecule has 8 heteroatoms. The minimum atomic E-state index is -3.43. The molecular formula is C20H34ClN3O3S. The summed E-state index contributed by atoms with van der Waals surface area (Å²) in [5, 5.41) is 0. The van der Waals surface area contributed by atoms with Crippen LogP contribution in [-0.2, 0) is 21.2 Å². The van der Waals surface area contributed by atoms with Crippen LogP contribution >= 0.6 is 12.4 Å². The summed E-state index contributed by atoms with van der Waals surface area (Å²) < 4.78 is 26.5. The average Bonchev–Trinajstić information content (AvgIpc) is 2.67. The van der Waals surface area contributed by atoms with Crippen LogP contribution in [0.15, 0.2) is 29.2 Å². The number of hydrogen-bond donors (Lipinski definition) is 1. The number of likely N-dealkylation sites (tertiary alicyclic amines) is 1. The molecule has 6 nitrogen and oxygen atoms in total. The predicted octanol–water partition coefficient (Wildman–Crippen LogP) is 2.66. The smallest absolute Gasteiger partial charge is 0.243 e. The number of nitrogens with two attached hydrogens (primary N) is 1. The molecule has 2 atom stereocenters. The Kier molecular flexibility index (Phi) is 9.90. The van der Waals surface area contributed by atoms with Crippen molar-refractivity contribution in [2.45, 2.75) is 57.4 Å². The number of nitrogens with zero attached hydrogens (tertiary/aromatic N) is 2. The lowest BCUT2D eigenvalue weighted by Gasteiger charge is -2.34. The van der Waals surface area contributed by atoms with Crippen LogP contribution in [0.3, 0.4) is 0 Å². The summed E-state index contributed by atoms with van der Waals surface area (Å²) in [6.07, 6.45) is 3.15. The van der Waals surface area contributed by atoms with Crippen molar-refractivity contribution in [2.75, 3.05) is 26.2 Å². The summed E-state index contributed by atoms with van der Waals surface area (Å²) >= 11 is 0. The normalized spacial score (nSPS) is 18.6. The average molecular weight is 432 g/mol. The standard InChI is InChI=1S/C20H33N3O3S.ClH/c1-4-23(5-2)27(25,26)19-11-8-17(9-12-19)10-13-20(24)22-14-6-7-18(15-22)16(3)21;/h8-9,11-12,16,18H,4-7,10,13-15,21H2,1-3H3;1H. The van der Waals surface area contributed by atoms with Gasteiger partial charge in [-0.1, -0.05) is 26.0 Å². The summed E-state index contributed by atoms with van der Waals surface area (Å²) in [5.41, 5.74) is 6.97. The monoisotopic (exact) mass is 431 g/mol. The minimum absolute atomic E-state index is 0. The Morgan fingerprint density at radius 1 is 1.25 bits per heavy atom. The van der Waals surface area contributed by atoms with Crippen LogP contribution in [0.4, 0.5) is 0 Å². The van der Waals surface area contributed by atoms with Gasteiger partial charge in [-0.25, -0.2) is 8.42 Å². The minimum Gasteiger partial charge on any atom is -0.342 e. The van der Waals surface area contributed by atoms with Gasteiger partial charge in [-0.3, -0.25) is 4.79 Å². The van der Waals surface area contributed by atoms with E-state index in [1.54, 1.807) is 12.1 Å². The molecular weight excluding hydrogens is 398 g/mol. The zero-order valence-corrected chi connectivity index (χ0v) is 18.8. The van der Waals surface area contributed by atoms with Crippen molar-refractivity contribution in [1.29, 1.82) is 0 Å². The van der Waals surface area contributed by atoms with E-state index in [-0.39, 0.29) is 24.4 Å². The van der Waals surface area contributed by atoms with Crippen LogP contribution in [-0.4, -0.2) is 55.8 Å². The second-order valence-corrected chi connectivity index (χ2v) is 9.27. The first-order valence-electron chi connectivity index (χ1n) is 9.92. The number of hydrogen-bond acceptors (Lipinski definition) is 4. The third kappa shape index (κ3) is 6.17. The maximum atomic E-state index is 12.5. The summed E-state index contributed by atoms with van der Waals surface area (Å²) in [5.74, 6) is 0.535. The molecule has 2 N–H and O–H groups in total. The molecule has 1 aromatic rings. The number of piperidine rings is 1. The fourth-order valence-corrected chi connectivity index (χ4v) is 5.07. The van der Waals surface area contributed by atoms with Crippen molar-refractivity contribution >= 4 is 28.3 Å². The van der Waals surface area contributed by atoms with Crippen LogP contribution in [0.2, 0.25) is 0 Å². The number of amides is 1. The Balaban J connectivity index is 0.00000392. The lowest BCUT2D eigenvalue weighted by Crippen LogP contribution is -2.45. The Labute approximate surface area is 175 Å². The lowest BCUT2D eigenvalue weighted by atomic mass is 9.92. The number of aryl methyl sites for hydroxylation is 1. The summed E-state index contributed by atoms with van der Waals surface area (Å²) in [4.78, 5) is 14.7. The lowest BCUT2D eigenvalue weighted by molar-refractivity contribution is -0.133. The van der Waals surface area contributed by atoms with Crippen molar-refractivity contribution < 1.29 is 13.2 Å². The highest BCUT2D eigenvalue weighted by Crippen LogP contribution is 2.20. The van der Waals surface area contributed by atoms with Crippen LogP contribution in [0.25, 0.3) is 0 Å². The number of carbonyl (C=O) groups is 1. The van der Waals surface area contributed by atoms with Gasteiger partial charge in [0.15, 0.2) is 0 Å². The van der Waals surface area contributed by atoms with Crippen LogP contribution in [0.5, 0.6) is 0 Å². The number of benzene rings is 1. The van der Waals surface area contributed by atoms with Gasteiger partial charge in [-0.15, -0.1) is 12.4 Å². The molecule has 160 valence electrons. The third-order valence-corrected chi connectivity index (χ3v) is 7.51. The zero-order valence-electron chi connectivity index (χ0n) is 17.1. The Morgan fingerprint density at radius 3 is 2.39 bits per heavy atom. The van der Waals surface area contributed by atoms with E-state index in [2.05, 4.69) is 0 Å². The van der Waals surface area contributed by atoms with E-state index in [0.29, 0.717) is 36.7 Å². The number of halogens is 1. The molecule has 28 heavy (non-hydrogen) atoms. The van der Waals surface area contributed by atoms with Gasteiger partial charge in [0.05, 0.1) is 4.90 Å². The Bertz CT molecular complexity index is 719. The highest BCUT2D eigenvalue weighted by molar-refractivity contribution is 7.89. The van der Waals surface area contributed by atoms with E-state index in [4.69, 9.17) is 5.73 Å². The number of carbonyl (C=O) groups excluding carboxylic acids is 1. The molecule has 1 aliphatic rings. The molecule has 1 amide bonds. The van der Waals surface area contributed by atoms with Gasteiger partial charge in [0.2, 0.25) is 15.9 Å². The maximum absolute atomic E-state index is 12.5. The maximum Gasteiger partial charge on any atom is 0.243 e. The summed E-state index contributed by atoms with van der Waals surface area (Å²) in [7, 11) is -3.43. The van der Waals surface area contributed by atoms with Crippen LogP contribution < -0.4 is 5.73 Å². The van der Waals surface area contributed by atoms with Gasteiger partial charge >= 0.3 is 0 Å². The predicted molar refractivity (Wildman–Crippen MR) is 115 cm³/mol. The first-order valence-corrected chi connectivity index (χ1v) is 11.4. The number of sulfonamides is 1. The molecule has 0 saturated carbocycles. The first-order chi connectivity index (χ1) is 12.8. The largest absolute Gasteiger partial charge is 0.342 e. The molecule has 0 aliphatic carbocycles. The molecule has 0 radical (unpaired) electrons. The van der Waals surface area contributed by atoms with Gasteiger partial charge in [0.1, 0.15) is 0 Å². The highest BCUT2D eigenvalue weighted by Gasteiger charge is 2.25. The van der Waals surface area contributed by atoms with E-state index in [0.717, 1.165) is 31.5 Å². The summed E-state index contributed by atoms with van der Waals surface area (Å²) in [6, 6.07) is 7.01. The van der Waals surface area contributed by atoms with E-state index >= 15 is 0 Å². The van der Waals surface area contributed by atoms with Crippen LogP contribution in [0, 0.1) is 5.92 Å². The Hall–Kier alpha value is -1.15. The fourth-order valence-electron chi connectivity index (χ4n) is 3.62. The van der Waals surface area contributed by atoms with E-state index < -0.39 is 10.0 Å². The van der Waals surface area contributed by atoms with Gasteiger partial charge in [0.25, 0.3) is 0 Å². The summed E-state index contributed by atoms with van der Waals surface area (Å²) in [6.45, 7) is 8.13. The Morgan fingerprint density at radius 2 is 1.86 bits per heavy atom. The van der Waals surface area contributed by atoms with Crippen molar-refractivity contribution in [2.24, 2.45) is 11.7 Å². The highest BCUT2D eigenvalue weighted by atomic mass is 35.5. The molecule has 1 aliphatic heterocycles.